The summed E-state index contributed by atoms with van der Waals surface area (Å²) in [6.45, 7) is 1.43. The molecule has 182 valence electrons. The number of non-ortho nitro benzene ring substituents is 1. The van der Waals surface area contributed by atoms with Crippen LogP contribution in [0.1, 0.15) is 0 Å². The van der Waals surface area contributed by atoms with E-state index in [0.717, 1.165) is 16.0 Å². The first-order chi connectivity index (χ1) is 17.4. The van der Waals surface area contributed by atoms with Crippen LogP contribution in [0, 0.1) is 16.0 Å². The van der Waals surface area contributed by atoms with E-state index in [-0.39, 0.29) is 5.69 Å². The van der Waals surface area contributed by atoms with Crippen LogP contribution < -0.4 is 20.4 Å². The number of urea groups is 1. The fourth-order valence-corrected chi connectivity index (χ4v) is 4.72. The van der Waals surface area contributed by atoms with Gasteiger partial charge in [0.25, 0.3) is 5.69 Å². The van der Waals surface area contributed by atoms with Gasteiger partial charge in [-0.3, -0.25) is 25.0 Å². The molecule has 0 radical (unpaired) electrons. The van der Waals surface area contributed by atoms with Crippen molar-refractivity contribution in [2.75, 3.05) is 29.4 Å². The minimum atomic E-state index is -1.15. The summed E-state index contributed by atoms with van der Waals surface area (Å²) < 4.78 is 0. The molecule has 0 aromatic heterocycles. The number of carbonyl (C=O) groups is 3. The van der Waals surface area contributed by atoms with Crippen LogP contribution in [-0.4, -0.2) is 48.4 Å². The van der Waals surface area contributed by atoms with Gasteiger partial charge in [-0.25, -0.2) is 9.69 Å². The van der Waals surface area contributed by atoms with Crippen molar-refractivity contribution < 1.29 is 19.3 Å². The number of nitro benzene ring substituents is 1. The fraction of sp³-hybridized carbons (Fsp3) is 0.192. The van der Waals surface area contributed by atoms with Crippen LogP contribution in [0.4, 0.5) is 21.9 Å². The molecule has 10 heteroatoms. The maximum Gasteiger partial charge on any atom is 0.335 e. The van der Waals surface area contributed by atoms with E-state index in [1.54, 1.807) is 24.3 Å². The Bertz CT molecular complexity index is 1310. The third kappa shape index (κ3) is 4.29. The monoisotopic (exact) mass is 485 g/mol. The zero-order valence-electron chi connectivity index (χ0n) is 19.2. The number of benzene rings is 3. The van der Waals surface area contributed by atoms with Crippen molar-refractivity contribution in [2.45, 2.75) is 6.04 Å². The number of carbonyl (C=O) groups excluding carboxylic acids is 3. The first kappa shape index (κ1) is 23.2. The van der Waals surface area contributed by atoms with Gasteiger partial charge in [0.1, 0.15) is 5.92 Å². The second-order valence-electron chi connectivity index (χ2n) is 8.60. The molecule has 3 aromatic rings. The van der Waals surface area contributed by atoms with E-state index in [2.05, 4.69) is 10.6 Å². The molecule has 36 heavy (non-hydrogen) atoms. The smallest absolute Gasteiger partial charge is 0.335 e. The number of rotatable bonds is 5. The zero-order chi connectivity index (χ0) is 25.2. The highest BCUT2D eigenvalue weighted by Crippen LogP contribution is 2.30. The molecular weight excluding hydrogens is 462 g/mol. The summed E-state index contributed by atoms with van der Waals surface area (Å²) in [4.78, 5) is 52.7. The van der Waals surface area contributed by atoms with Crippen LogP contribution in [0.5, 0.6) is 0 Å². The maximum absolute atomic E-state index is 13.6. The summed E-state index contributed by atoms with van der Waals surface area (Å²) in [6, 6.07) is 21.3. The van der Waals surface area contributed by atoms with E-state index in [9.17, 15) is 24.5 Å². The van der Waals surface area contributed by atoms with Gasteiger partial charge in [0.05, 0.1) is 16.7 Å². The highest BCUT2D eigenvalue weighted by Gasteiger charge is 2.48. The van der Waals surface area contributed by atoms with Gasteiger partial charge >= 0.3 is 6.03 Å². The average molecular weight is 486 g/mol. The summed E-state index contributed by atoms with van der Waals surface area (Å²) in [7, 11) is 0. The molecule has 2 N–H and O–H groups in total. The van der Waals surface area contributed by atoms with E-state index >= 15 is 0 Å². The predicted octanol–water partition coefficient (Wildman–Crippen LogP) is 2.94. The normalized spacial score (nSPS) is 20.3. The van der Waals surface area contributed by atoms with Crippen molar-refractivity contribution in [2.24, 2.45) is 5.92 Å². The zero-order valence-corrected chi connectivity index (χ0v) is 19.2. The highest BCUT2D eigenvalue weighted by atomic mass is 16.6. The molecular formula is C26H23N5O5. The third-order valence-corrected chi connectivity index (χ3v) is 6.49. The van der Waals surface area contributed by atoms with Gasteiger partial charge in [0.15, 0.2) is 0 Å². The van der Waals surface area contributed by atoms with Crippen molar-refractivity contribution in [3.8, 4) is 11.1 Å². The van der Waals surface area contributed by atoms with Crippen molar-refractivity contribution in [3.63, 3.8) is 0 Å². The molecule has 5 rings (SSSR count). The molecule has 2 atom stereocenters. The number of hydrogen-bond donors (Lipinski definition) is 2. The number of nitro groups is 1. The largest absolute Gasteiger partial charge is 0.365 e. The van der Waals surface area contributed by atoms with E-state index in [1.165, 1.54) is 12.1 Å². The van der Waals surface area contributed by atoms with Crippen LogP contribution in [0.2, 0.25) is 0 Å². The maximum atomic E-state index is 13.6. The molecule has 2 saturated heterocycles. The van der Waals surface area contributed by atoms with E-state index < -0.39 is 34.7 Å². The Morgan fingerprint density at radius 1 is 0.833 bits per heavy atom. The molecule has 3 aromatic carbocycles. The summed E-state index contributed by atoms with van der Waals surface area (Å²) in [5.41, 5.74) is 2.90. The van der Waals surface area contributed by atoms with Gasteiger partial charge in [-0.15, -0.1) is 0 Å². The number of nitrogens with zero attached hydrogens (tertiary/aromatic N) is 3. The lowest BCUT2D eigenvalue weighted by Gasteiger charge is -2.43. The Balaban J connectivity index is 1.43. The molecule has 2 fully saturated rings. The molecule has 10 nitrogen and oxygen atoms in total. The predicted molar refractivity (Wildman–Crippen MR) is 133 cm³/mol. The summed E-state index contributed by atoms with van der Waals surface area (Å²) in [5, 5.41) is 16.6. The molecule has 0 aliphatic carbocycles. The lowest BCUT2D eigenvalue weighted by atomic mass is 9.91. The SMILES string of the molecule is O=C1NC(=O)N(c2ccc(-c3ccccc3)cc2)C(=O)C1[C@H]1CNCCN1c1ccc([N+](=O)[O-])cc1. The van der Waals surface area contributed by atoms with Gasteiger partial charge in [0.2, 0.25) is 11.8 Å². The van der Waals surface area contributed by atoms with Crippen LogP contribution in [0.15, 0.2) is 78.9 Å². The molecule has 1 unspecified atom stereocenters. The van der Waals surface area contributed by atoms with E-state index in [0.29, 0.717) is 31.0 Å². The summed E-state index contributed by atoms with van der Waals surface area (Å²) >= 11 is 0. The lowest BCUT2D eigenvalue weighted by Crippen LogP contribution is -2.66. The van der Waals surface area contributed by atoms with Gasteiger partial charge in [-0.1, -0.05) is 42.5 Å². The number of imide groups is 2. The first-order valence-corrected chi connectivity index (χ1v) is 11.5. The first-order valence-electron chi connectivity index (χ1n) is 11.5. The van der Waals surface area contributed by atoms with Gasteiger partial charge < -0.3 is 10.2 Å². The average Bonchev–Trinajstić information content (AvgIpc) is 2.90. The Labute approximate surface area is 206 Å². The molecule has 2 aliphatic heterocycles. The summed E-state index contributed by atoms with van der Waals surface area (Å²) in [6.07, 6.45) is 0. The van der Waals surface area contributed by atoms with Crippen molar-refractivity contribution >= 4 is 34.9 Å². The second-order valence-corrected chi connectivity index (χ2v) is 8.60. The molecule has 0 bridgehead atoms. The number of piperazine rings is 1. The number of barbiturate groups is 1. The molecule has 2 heterocycles. The quantitative estimate of drug-likeness (QED) is 0.323. The van der Waals surface area contributed by atoms with Gasteiger partial charge in [-0.2, -0.15) is 0 Å². The van der Waals surface area contributed by atoms with Crippen LogP contribution in [-0.2, 0) is 9.59 Å². The molecule has 0 saturated carbocycles. The number of anilines is 2. The standard InChI is InChI=1S/C26H23N5O5/c32-24-23(22-16-27-14-15-29(22)19-10-12-21(13-11-19)31(35)36)25(33)30(26(34)28-24)20-8-6-18(7-9-20)17-4-2-1-3-5-17/h1-13,22-23,27H,14-16H2,(H,28,32,34)/t22-,23?/m1/s1. The second kappa shape index (κ2) is 9.59. The Kier molecular flexibility index (Phi) is 6.17. The summed E-state index contributed by atoms with van der Waals surface area (Å²) in [5.74, 6) is -2.43. The van der Waals surface area contributed by atoms with Crippen LogP contribution in [0.25, 0.3) is 11.1 Å². The minimum absolute atomic E-state index is 0.0485. The Morgan fingerprint density at radius 2 is 1.47 bits per heavy atom. The molecule has 4 amide bonds. The van der Waals surface area contributed by atoms with E-state index in [4.69, 9.17) is 0 Å². The van der Waals surface area contributed by atoms with Gasteiger partial charge in [0, 0.05) is 37.5 Å². The highest BCUT2D eigenvalue weighted by molar-refractivity contribution is 6.28. The third-order valence-electron chi connectivity index (χ3n) is 6.49. The van der Waals surface area contributed by atoms with Crippen LogP contribution in [0.3, 0.4) is 0 Å². The minimum Gasteiger partial charge on any atom is -0.365 e. The fourth-order valence-electron chi connectivity index (χ4n) is 4.72. The number of nitrogens with one attached hydrogen (secondary N) is 2. The van der Waals surface area contributed by atoms with E-state index in [1.807, 2.05) is 47.4 Å². The van der Waals surface area contributed by atoms with Crippen molar-refractivity contribution in [1.82, 2.24) is 10.6 Å². The Morgan fingerprint density at radius 3 is 2.14 bits per heavy atom. The van der Waals surface area contributed by atoms with Gasteiger partial charge in [-0.05, 0) is 35.4 Å². The molecule has 0 spiro atoms. The number of hydrogen-bond acceptors (Lipinski definition) is 7. The Hall–Kier alpha value is -4.57. The topological polar surface area (TPSA) is 125 Å². The van der Waals surface area contributed by atoms with Crippen molar-refractivity contribution in [3.05, 3.63) is 89.0 Å². The van der Waals surface area contributed by atoms with Crippen LogP contribution >= 0.6 is 0 Å². The lowest BCUT2D eigenvalue weighted by molar-refractivity contribution is -0.384. The van der Waals surface area contributed by atoms with Crippen molar-refractivity contribution in [1.29, 1.82) is 0 Å². The number of amides is 4. The molecule has 2 aliphatic rings.